The molecule has 0 aliphatic rings. The first kappa shape index (κ1) is 29.8. The summed E-state index contributed by atoms with van der Waals surface area (Å²) >= 11 is 6.36. The molecule has 1 heterocycles. The van der Waals surface area contributed by atoms with Gasteiger partial charge < -0.3 is 21.7 Å². The van der Waals surface area contributed by atoms with Crippen molar-refractivity contribution in [1.29, 1.82) is 0 Å². The topological polar surface area (TPSA) is 143 Å². The van der Waals surface area contributed by atoms with Crippen LogP contribution in [0.3, 0.4) is 0 Å². The number of nitrogens with two attached hydrogens (primary N) is 1. The van der Waals surface area contributed by atoms with Crippen LogP contribution in [0.4, 0.5) is 17.2 Å². The molecule has 5 N–H and O–H groups in total. The highest BCUT2D eigenvalue weighted by molar-refractivity contribution is 7.91. The Balaban J connectivity index is 1.69. The maximum Gasteiger partial charge on any atom is 0.247 e. The normalized spacial score (nSPS) is 12.1. The van der Waals surface area contributed by atoms with Gasteiger partial charge >= 0.3 is 0 Å². The fraction of sp³-hybridized carbons (Fsp3) is 0.233. The van der Waals surface area contributed by atoms with Crippen LogP contribution in [-0.4, -0.2) is 31.0 Å². The van der Waals surface area contributed by atoms with Crippen LogP contribution in [0.15, 0.2) is 71.8 Å². The van der Waals surface area contributed by atoms with Gasteiger partial charge in [0.05, 0.1) is 10.6 Å². The molecule has 0 spiro atoms. The molecule has 41 heavy (non-hydrogen) atoms. The summed E-state index contributed by atoms with van der Waals surface area (Å²) in [4.78, 5) is 29.6. The molecule has 1 aromatic heterocycles. The summed E-state index contributed by atoms with van der Waals surface area (Å²) in [6.07, 6.45) is 2.30. The predicted octanol–water partition coefficient (Wildman–Crippen LogP) is 5.25. The summed E-state index contributed by atoms with van der Waals surface area (Å²) in [5.74, 6) is -0.372. The van der Waals surface area contributed by atoms with Crippen molar-refractivity contribution in [2.75, 3.05) is 22.1 Å². The fourth-order valence-corrected chi connectivity index (χ4v) is 5.91. The van der Waals surface area contributed by atoms with Crippen molar-refractivity contribution in [2.24, 2.45) is 0 Å². The van der Waals surface area contributed by atoms with E-state index in [4.69, 9.17) is 17.3 Å². The lowest BCUT2D eigenvalue weighted by Crippen LogP contribution is -2.33. The van der Waals surface area contributed by atoms with Crippen LogP contribution < -0.4 is 21.7 Å². The zero-order valence-corrected chi connectivity index (χ0v) is 24.6. The highest BCUT2D eigenvalue weighted by atomic mass is 35.5. The van der Waals surface area contributed by atoms with Crippen LogP contribution in [0.2, 0.25) is 5.02 Å². The van der Waals surface area contributed by atoms with Crippen molar-refractivity contribution >= 4 is 61.2 Å². The molecule has 2 amide bonds. The Morgan fingerprint density at radius 2 is 1.73 bits per heavy atom. The van der Waals surface area contributed by atoms with E-state index in [0.29, 0.717) is 39.8 Å². The third-order valence-corrected chi connectivity index (χ3v) is 8.90. The molecule has 0 saturated carbocycles. The number of anilines is 3. The largest absolute Gasteiger partial charge is 0.383 e. The Morgan fingerprint density at radius 3 is 2.44 bits per heavy atom. The highest BCUT2D eigenvalue weighted by Crippen LogP contribution is 2.29. The monoisotopic (exact) mass is 593 g/mol. The number of carbonyl (C=O) groups excluding carboxylic acids is 2. The first-order valence-electron chi connectivity index (χ1n) is 13.1. The lowest BCUT2D eigenvalue weighted by atomic mass is 10.0. The Bertz CT molecular complexity index is 1730. The molecule has 4 rings (SSSR count). The minimum absolute atomic E-state index is 0.0762. The van der Waals surface area contributed by atoms with Gasteiger partial charge in [0.2, 0.25) is 11.8 Å². The molecule has 0 aliphatic heterocycles. The number of nitrogens with one attached hydrogen (secondary N) is 3. The number of aryl methyl sites for hydroxylation is 1. The summed E-state index contributed by atoms with van der Waals surface area (Å²) in [6, 6.07) is 16.5. The molecule has 3 aromatic carbocycles. The van der Waals surface area contributed by atoms with Crippen molar-refractivity contribution < 1.29 is 18.0 Å². The van der Waals surface area contributed by atoms with Gasteiger partial charge in [-0.25, -0.2) is 13.4 Å². The number of carbonyl (C=O) groups is 2. The van der Waals surface area contributed by atoms with Gasteiger partial charge in [-0.15, -0.1) is 0 Å². The summed E-state index contributed by atoms with van der Waals surface area (Å²) in [5, 5.41) is 11.1. The smallest absolute Gasteiger partial charge is 0.247 e. The van der Waals surface area contributed by atoms with Gasteiger partial charge in [0.1, 0.15) is 11.9 Å². The Hall–Kier alpha value is -4.15. The molecule has 1 atom stereocenters. The zero-order valence-electron chi connectivity index (χ0n) is 23.0. The number of nitrogen functional groups attached to an aromatic ring is 1. The standard InChI is InChI=1S/C30H32ClN5O4S/c1-4-19-14-21(6-10-26(19)31)28(36-24-7-9-25-20(15-24)12-13-33-29(25)32)30(38)34-17-22-16-23(35-18(3)37)8-11-27(22)41(39,40)5-2/h6-16,28,36H,4-5,17H2,1-3H3,(H2,32,33)(H,34,38)(H,35,37). The maximum atomic E-state index is 13.8. The van der Waals surface area contributed by atoms with Crippen LogP contribution >= 0.6 is 11.6 Å². The van der Waals surface area contributed by atoms with Crippen molar-refractivity contribution in [1.82, 2.24) is 10.3 Å². The average Bonchev–Trinajstić information content (AvgIpc) is 2.94. The third kappa shape index (κ3) is 6.96. The van der Waals surface area contributed by atoms with Gasteiger partial charge in [-0.05, 0) is 77.0 Å². The third-order valence-electron chi connectivity index (χ3n) is 6.70. The summed E-state index contributed by atoms with van der Waals surface area (Å²) in [5.41, 5.74) is 9.06. The Morgan fingerprint density at radius 1 is 0.976 bits per heavy atom. The van der Waals surface area contributed by atoms with Crippen LogP contribution in [0.1, 0.15) is 43.5 Å². The van der Waals surface area contributed by atoms with E-state index in [1.165, 1.54) is 19.1 Å². The summed E-state index contributed by atoms with van der Waals surface area (Å²) < 4.78 is 25.6. The van der Waals surface area contributed by atoms with E-state index < -0.39 is 15.9 Å². The molecule has 0 bridgehead atoms. The maximum absolute atomic E-state index is 13.8. The van der Waals surface area contributed by atoms with Crippen molar-refractivity contribution in [3.63, 3.8) is 0 Å². The van der Waals surface area contributed by atoms with Gasteiger partial charge in [0, 0.05) is 41.4 Å². The average molecular weight is 594 g/mol. The van der Waals surface area contributed by atoms with Gasteiger partial charge in [-0.1, -0.05) is 37.6 Å². The molecule has 4 aromatic rings. The SMILES string of the molecule is CCc1cc(C(Nc2ccc3c(N)nccc3c2)C(=O)NCc2cc(NC(C)=O)ccc2S(=O)(=O)CC)ccc1Cl. The number of fused-ring (bicyclic) bond motifs is 1. The van der Waals surface area contributed by atoms with Gasteiger partial charge in [0.25, 0.3) is 0 Å². The quantitative estimate of drug-likeness (QED) is 0.196. The number of aromatic nitrogens is 1. The first-order valence-corrected chi connectivity index (χ1v) is 15.2. The number of hydrogen-bond donors (Lipinski definition) is 4. The number of sulfone groups is 1. The second-order valence-corrected chi connectivity index (χ2v) is 12.2. The molecule has 0 aliphatic carbocycles. The second kappa shape index (κ2) is 12.6. The van der Waals surface area contributed by atoms with E-state index in [0.717, 1.165) is 16.3 Å². The van der Waals surface area contributed by atoms with Gasteiger partial charge in [-0.2, -0.15) is 0 Å². The molecule has 11 heteroatoms. The number of hydrogen-bond acceptors (Lipinski definition) is 7. The van der Waals surface area contributed by atoms with Crippen molar-refractivity contribution in [3.8, 4) is 0 Å². The first-order chi connectivity index (χ1) is 19.5. The summed E-state index contributed by atoms with van der Waals surface area (Å²) in [7, 11) is -3.59. The van der Waals surface area contributed by atoms with E-state index in [-0.39, 0.29) is 29.0 Å². The molecule has 0 fully saturated rings. The molecule has 0 radical (unpaired) electrons. The second-order valence-electron chi connectivity index (χ2n) is 9.54. The summed E-state index contributed by atoms with van der Waals surface area (Å²) in [6.45, 7) is 4.82. The van der Waals surface area contributed by atoms with Gasteiger partial charge in [-0.3, -0.25) is 9.59 Å². The molecule has 214 valence electrons. The number of pyridine rings is 1. The predicted molar refractivity (Wildman–Crippen MR) is 164 cm³/mol. The fourth-order valence-electron chi connectivity index (χ4n) is 4.55. The number of rotatable bonds is 10. The lowest BCUT2D eigenvalue weighted by molar-refractivity contribution is -0.122. The van der Waals surface area contributed by atoms with Gasteiger partial charge in [0.15, 0.2) is 9.84 Å². The Labute approximate surface area is 244 Å². The van der Waals surface area contributed by atoms with Crippen LogP contribution in [0.5, 0.6) is 0 Å². The molecule has 1 unspecified atom stereocenters. The van der Waals surface area contributed by atoms with E-state index in [1.807, 2.05) is 37.3 Å². The number of halogens is 1. The highest BCUT2D eigenvalue weighted by Gasteiger charge is 2.24. The molecular weight excluding hydrogens is 562 g/mol. The van der Waals surface area contributed by atoms with Crippen LogP contribution in [0.25, 0.3) is 10.8 Å². The molecule has 9 nitrogen and oxygen atoms in total. The number of amides is 2. The van der Waals surface area contributed by atoms with Crippen molar-refractivity contribution in [2.45, 2.75) is 44.7 Å². The van der Waals surface area contributed by atoms with E-state index in [1.54, 1.807) is 31.3 Å². The van der Waals surface area contributed by atoms with Crippen molar-refractivity contribution in [3.05, 3.63) is 88.6 Å². The van der Waals surface area contributed by atoms with E-state index >= 15 is 0 Å². The lowest BCUT2D eigenvalue weighted by Gasteiger charge is -2.22. The van der Waals surface area contributed by atoms with E-state index in [2.05, 4.69) is 20.9 Å². The van der Waals surface area contributed by atoms with E-state index in [9.17, 15) is 18.0 Å². The van der Waals surface area contributed by atoms with Crippen LogP contribution in [-0.2, 0) is 32.4 Å². The van der Waals surface area contributed by atoms with Crippen LogP contribution in [0, 0.1) is 0 Å². The Kier molecular flexibility index (Phi) is 9.14. The molecule has 0 saturated heterocycles. The molecular formula is C30H32ClN5O4S. The number of nitrogens with zero attached hydrogens (tertiary/aromatic N) is 1. The minimum Gasteiger partial charge on any atom is -0.383 e. The number of benzene rings is 3. The zero-order chi connectivity index (χ0) is 29.7. The minimum atomic E-state index is -3.59.